The summed E-state index contributed by atoms with van der Waals surface area (Å²) < 4.78 is 13.1. The van der Waals surface area contributed by atoms with Crippen LogP contribution < -0.4 is 10.6 Å². The Morgan fingerprint density at radius 1 is 1.47 bits per heavy atom. The van der Waals surface area contributed by atoms with E-state index in [-0.39, 0.29) is 23.2 Å². The lowest BCUT2D eigenvalue weighted by Crippen LogP contribution is -2.48. The van der Waals surface area contributed by atoms with Crippen molar-refractivity contribution in [2.45, 2.75) is 0 Å². The quantitative estimate of drug-likeness (QED) is 0.606. The molecule has 1 aliphatic rings. The lowest BCUT2D eigenvalue weighted by molar-refractivity contribution is -0.385. The average molecular weight is 239 g/mol. The Morgan fingerprint density at radius 2 is 2.18 bits per heavy atom. The van der Waals surface area contributed by atoms with Gasteiger partial charge in [-0.05, 0) is 6.07 Å². The molecule has 2 N–H and O–H groups in total. The second-order valence-electron chi connectivity index (χ2n) is 3.80. The number of benzene rings is 1. The summed E-state index contributed by atoms with van der Waals surface area (Å²) in [6, 6.07) is 2.99. The zero-order chi connectivity index (χ0) is 12.4. The molecule has 7 heteroatoms. The number of nitro benzene ring substituents is 1. The van der Waals surface area contributed by atoms with E-state index < -0.39 is 10.7 Å². The minimum atomic E-state index is -0.749. The predicted molar refractivity (Wildman–Crippen MR) is 58.0 cm³/mol. The Balaban J connectivity index is 2.14. The van der Waals surface area contributed by atoms with E-state index in [2.05, 4.69) is 10.6 Å². The Hall–Kier alpha value is -2.02. The van der Waals surface area contributed by atoms with Crippen molar-refractivity contribution in [2.75, 3.05) is 18.4 Å². The first kappa shape index (κ1) is 11.5. The fourth-order valence-electron chi connectivity index (χ4n) is 1.47. The fourth-order valence-corrected chi connectivity index (χ4v) is 1.47. The van der Waals surface area contributed by atoms with Gasteiger partial charge in [0.15, 0.2) is 0 Å². The maximum absolute atomic E-state index is 13.1. The fraction of sp³-hybridized carbons (Fsp3) is 0.300. The number of nitrogens with one attached hydrogen (secondary N) is 2. The monoisotopic (exact) mass is 239 g/mol. The molecule has 1 aromatic carbocycles. The highest BCUT2D eigenvalue weighted by Gasteiger charge is 2.25. The van der Waals surface area contributed by atoms with E-state index in [1.54, 1.807) is 0 Å². The summed E-state index contributed by atoms with van der Waals surface area (Å²) in [5.41, 5.74) is -0.277. The van der Waals surface area contributed by atoms with Gasteiger partial charge in [-0.15, -0.1) is 0 Å². The number of carbonyl (C=O) groups excluding carboxylic acids is 1. The van der Waals surface area contributed by atoms with E-state index in [4.69, 9.17) is 0 Å². The third-order valence-electron chi connectivity index (χ3n) is 2.51. The van der Waals surface area contributed by atoms with Gasteiger partial charge in [-0.2, -0.15) is 0 Å². The molecule has 6 nitrogen and oxygen atoms in total. The van der Waals surface area contributed by atoms with Crippen LogP contribution in [0.15, 0.2) is 18.2 Å². The molecule has 0 aromatic heterocycles. The van der Waals surface area contributed by atoms with Crippen LogP contribution in [0.1, 0.15) is 0 Å². The van der Waals surface area contributed by atoms with Crippen LogP contribution in [0.2, 0.25) is 0 Å². The van der Waals surface area contributed by atoms with Crippen molar-refractivity contribution < 1.29 is 14.1 Å². The Morgan fingerprint density at radius 3 is 2.71 bits per heavy atom. The minimum absolute atomic E-state index is 0.105. The normalized spacial score (nSPS) is 15.1. The highest BCUT2D eigenvalue weighted by Crippen LogP contribution is 2.20. The second kappa shape index (κ2) is 4.46. The van der Waals surface area contributed by atoms with Crippen LogP contribution >= 0.6 is 0 Å². The number of hydrogen-bond donors (Lipinski definition) is 2. The molecule has 1 amide bonds. The summed E-state index contributed by atoms with van der Waals surface area (Å²) in [6.07, 6.45) is 0. The van der Waals surface area contributed by atoms with Crippen LogP contribution in [0.3, 0.4) is 0 Å². The van der Waals surface area contributed by atoms with Crippen molar-refractivity contribution >= 4 is 17.3 Å². The van der Waals surface area contributed by atoms with Crippen molar-refractivity contribution in [1.29, 1.82) is 0 Å². The van der Waals surface area contributed by atoms with Crippen LogP contribution in [0.4, 0.5) is 15.8 Å². The molecule has 0 bridgehead atoms. The maximum atomic E-state index is 13.1. The molecule has 0 saturated carbocycles. The topological polar surface area (TPSA) is 84.3 Å². The predicted octanol–water partition coefficient (Wildman–Crippen LogP) is 0.892. The van der Waals surface area contributed by atoms with Crippen LogP contribution in [-0.4, -0.2) is 23.9 Å². The Bertz CT molecular complexity index is 474. The van der Waals surface area contributed by atoms with E-state index >= 15 is 0 Å². The number of non-ortho nitro benzene ring substituents is 1. The van der Waals surface area contributed by atoms with Gasteiger partial charge < -0.3 is 10.6 Å². The number of nitro groups is 1. The number of rotatable bonds is 3. The van der Waals surface area contributed by atoms with Crippen molar-refractivity contribution in [3.05, 3.63) is 34.1 Å². The molecule has 0 aliphatic carbocycles. The number of anilines is 1. The van der Waals surface area contributed by atoms with Crippen LogP contribution in [0.25, 0.3) is 0 Å². The summed E-state index contributed by atoms with van der Waals surface area (Å²) in [6.45, 7) is 1.15. The van der Waals surface area contributed by atoms with Crippen molar-refractivity contribution in [3.63, 3.8) is 0 Å². The summed E-state index contributed by atoms with van der Waals surface area (Å²) in [5.74, 6) is -1.16. The third kappa shape index (κ3) is 2.56. The molecule has 17 heavy (non-hydrogen) atoms. The SMILES string of the molecule is O=C(Nc1cc(F)cc([N+](=O)[O-])c1)C1CNC1. The van der Waals surface area contributed by atoms with Gasteiger partial charge in [0.05, 0.1) is 22.6 Å². The molecular formula is C10H10FN3O3. The number of hydrogen-bond acceptors (Lipinski definition) is 4. The number of amides is 1. The highest BCUT2D eigenvalue weighted by molar-refractivity contribution is 5.93. The standard InChI is InChI=1S/C10H10FN3O3/c11-7-1-8(3-9(2-7)14(16)17)13-10(15)6-4-12-5-6/h1-3,6,12H,4-5H2,(H,13,15). The van der Waals surface area contributed by atoms with Gasteiger partial charge in [0.2, 0.25) is 5.91 Å². The summed E-state index contributed by atoms with van der Waals surface area (Å²) in [4.78, 5) is 21.3. The second-order valence-corrected chi connectivity index (χ2v) is 3.80. The smallest absolute Gasteiger partial charge is 0.274 e. The van der Waals surface area contributed by atoms with Gasteiger partial charge in [0.25, 0.3) is 5.69 Å². The molecule has 1 aromatic rings. The summed E-state index contributed by atoms with van der Waals surface area (Å²) >= 11 is 0. The first-order valence-corrected chi connectivity index (χ1v) is 5.03. The van der Waals surface area contributed by atoms with Gasteiger partial charge in [-0.25, -0.2) is 4.39 Å². The maximum Gasteiger partial charge on any atom is 0.274 e. The first-order chi connectivity index (χ1) is 8.06. The van der Waals surface area contributed by atoms with Gasteiger partial charge in [-0.3, -0.25) is 14.9 Å². The van der Waals surface area contributed by atoms with Gasteiger partial charge in [-0.1, -0.05) is 0 Å². The third-order valence-corrected chi connectivity index (χ3v) is 2.51. The molecular weight excluding hydrogens is 229 g/mol. The van der Waals surface area contributed by atoms with Crippen LogP contribution in [0, 0.1) is 21.8 Å². The summed E-state index contributed by atoms with van der Waals surface area (Å²) in [7, 11) is 0. The average Bonchev–Trinajstić information content (AvgIpc) is 2.13. The summed E-state index contributed by atoms with van der Waals surface area (Å²) in [5, 5.41) is 15.9. The number of nitrogens with zero attached hydrogens (tertiary/aromatic N) is 1. The van der Waals surface area contributed by atoms with Gasteiger partial charge in [0, 0.05) is 19.2 Å². The molecule has 1 heterocycles. The molecule has 1 saturated heterocycles. The van der Waals surface area contributed by atoms with Crippen LogP contribution in [-0.2, 0) is 4.79 Å². The highest BCUT2D eigenvalue weighted by atomic mass is 19.1. The molecule has 0 atom stereocenters. The molecule has 0 unspecified atom stereocenters. The molecule has 1 aliphatic heterocycles. The zero-order valence-corrected chi connectivity index (χ0v) is 8.77. The number of halogens is 1. The van der Waals surface area contributed by atoms with Crippen LogP contribution in [0.5, 0.6) is 0 Å². The number of carbonyl (C=O) groups is 1. The van der Waals surface area contributed by atoms with E-state index in [9.17, 15) is 19.3 Å². The molecule has 0 radical (unpaired) electrons. The minimum Gasteiger partial charge on any atom is -0.325 e. The Labute approximate surface area is 96.0 Å². The molecule has 1 fully saturated rings. The lowest BCUT2D eigenvalue weighted by Gasteiger charge is -2.25. The Kier molecular flexibility index (Phi) is 3.01. The molecule has 0 spiro atoms. The lowest BCUT2D eigenvalue weighted by atomic mass is 10.0. The van der Waals surface area contributed by atoms with E-state index in [0.29, 0.717) is 13.1 Å². The van der Waals surface area contributed by atoms with Gasteiger partial charge in [0.1, 0.15) is 5.82 Å². The van der Waals surface area contributed by atoms with E-state index in [1.807, 2.05) is 0 Å². The van der Waals surface area contributed by atoms with Crippen molar-refractivity contribution in [1.82, 2.24) is 5.32 Å². The van der Waals surface area contributed by atoms with E-state index in [1.165, 1.54) is 0 Å². The van der Waals surface area contributed by atoms with Crippen molar-refractivity contribution in [2.24, 2.45) is 5.92 Å². The van der Waals surface area contributed by atoms with Gasteiger partial charge >= 0.3 is 0 Å². The van der Waals surface area contributed by atoms with Crippen molar-refractivity contribution in [3.8, 4) is 0 Å². The first-order valence-electron chi connectivity index (χ1n) is 5.03. The largest absolute Gasteiger partial charge is 0.325 e. The zero-order valence-electron chi connectivity index (χ0n) is 8.77. The van der Waals surface area contributed by atoms with E-state index in [0.717, 1.165) is 18.2 Å². The molecule has 90 valence electrons. The molecule has 2 rings (SSSR count).